The summed E-state index contributed by atoms with van der Waals surface area (Å²) < 4.78 is 35.1. The van der Waals surface area contributed by atoms with E-state index in [0.717, 1.165) is 6.42 Å². The third-order valence-corrected chi connectivity index (χ3v) is 5.08. The van der Waals surface area contributed by atoms with E-state index in [0.29, 0.717) is 16.8 Å². The predicted octanol–water partition coefficient (Wildman–Crippen LogP) is 5.32. The Labute approximate surface area is 167 Å². The molecule has 0 spiro atoms. The molecule has 2 aromatic carbocycles. The van der Waals surface area contributed by atoms with E-state index in [2.05, 4.69) is 10.1 Å². The van der Waals surface area contributed by atoms with Crippen LogP contribution in [0, 0.1) is 0 Å². The second-order valence-corrected chi connectivity index (χ2v) is 6.88. The van der Waals surface area contributed by atoms with Gasteiger partial charge in [0.15, 0.2) is 11.5 Å². The van der Waals surface area contributed by atoms with Crippen molar-refractivity contribution in [2.45, 2.75) is 39.1 Å². The molecular weight excluding hydrogens is 390 g/mol. The van der Waals surface area contributed by atoms with Crippen molar-refractivity contribution in [3.05, 3.63) is 52.5 Å². The lowest BCUT2D eigenvalue weighted by Gasteiger charge is -2.41. The molecule has 0 saturated carbocycles. The number of ether oxygens (including phenoxy) is 2. The van der Waals surface area contributed by atoms with Gasteiger partial charge >= 0.3 is 6.61 Å². The van der Waals surface area contributed by atoms with E-state index in [9.17, 15) is 13.6 Å². The van der Waals surface area contributed by atoms with Crippen molar-refractivity contribution >= 4 is 23.2 Å². The maximum absolute atomic E-state index is 13.2. The highest BCUT2D eigenvalue weighted by Gasteiger charge is 2.36. The van der Waals surface area contributed by atoms with Crippen LogP contribution in [0.3, 0.4) is 0 Å². The highest BCUT2D eigenvalue weighted by atomic mass is 35.5. The van der Waals surface area contributed by atoms with E-state index in [1.807, 2.05) is 32.0 Å². The number of fused-ring (bicyclic) bond motifs is 1. The fourth-order valence-corrected chi connectivity index (χ4v) is 3.53. The molecule has 1 aliphatic rings. The number of nitrogens with one attached hydrogen (secondary N) is 1. The summed E-state index contributed by atoms with van der Waals surface area (Å²) in [7, 11) is 1.34. The monoisotopic (exact) mass is 410 g/mol. The van der Waals surface area contributed by atoms with Crippen LogP contribution in [0.2, 0.25) is 5.02 Å². The van der Waals surface area contributed by atoms with Gasteiger partial charge in [-0.3, -0.25) is 4.79 Å². The quantitative estimate of drug-likeness (QED) is 0.700. The molecule has 1 N–H and O–H groups in total. The normalized spacial score (nSPS) is 17.2. The third-order valence-electron chi connectivity index (χ3n) is 4.80. The zero-order valence-electron chi connectivity index (χ0n) is 15.7. The number of alkyl halides is 2. The number of carbonyl (C=O) groups excluding carboxylic acids is 1. The van der Waals surface area contributed by atoms with Crippen LogP contribution in [0.4, 0.5) is 14.5 Å². The SMILES string of the molecule is CC[C@H](C)N1C(=O)c2ccccc2N[C@@H]1c1cc(Cl)c(OC(F)F)c(OC)c1. The number of methoxy groups -OCH3 is 1. The number of amides is 1. The fourth-order valence-electron chi connectivity index (χ4n) is 3.27. The number of nitrogens with zero attached hydrogens (tertiary/aromatic N) is 1. The van der Waals surface area contributed by atoms with Gasteiger partial charge in [0.1, 0.15) is 6.17 Å². The van der Waals surface area contributed by atoms with Crippen molar-refractivity contribution in [1.29, 1.82) is 0 Å². The van der Waals surface area contributed by atoms with Crippen LogP contribution in [0.1, 0.15) is 42.4 Å². The molecule has 0 aromatic heterocycles. The molecule has 3 rings (SSSR count). The molecule has 0 fully saturated rings. The smallest absolute Gasteiger partial charge is 0.387 e. The second kappa shape index (κ2) is 8.22. The van der Waals surface area contributed by atoms with Gasteiger partial charge in [0.25, 0.3) is 5.91 Å². The van der Waals surface area contributed by atoms with Gasteiger partial charge in [0.2, 0.25) is 0 Å². The number of anilines is 1. The van der Waals surface area contributed by atoms with Crippen LogP contribution in [-0.4, -0.2) is 30.6 Å². The Kier molecular flexibility index (Phi) is 5.93. The van der Waals surface area contributed by atoms with E-state index in [4.69, 9.17) is 16.3 Å². The minimum atomic E-state index is -3.03. The van der Waals surface area contributed by atoms with E-state index >= 15 is 0 Å². The number of hydrogen-bond donors (Lipinski definition) is 1. The summed E-state index contributed by atoms with van der Waals surface area (Å²) in [5, 5.41) is 3.33. The van der Waals surface area contributed by atoms with E-state index in [-0.39, 0.29) is 28.5 Å². The van der Waals surface area contributed by atoms with Gasteiger partial charge in [-0.25, -0.2) is 0 Å². The maximum Gasteiger partial charge on any atom is 0.387 e. The number of halogens is 3. The summed E-state index contributed by atoms with van der Waals surface area (Å²) in [5.74, 6) is -0.280. The van der Waals surface area contributed by atoms with Crippen LogP contribution in [0.25, 0.3) is 0 Å². The largest absolute Gasteiger partial charge is 0.493 e. The highest BCUT2D eigenvalue weighted by molar-refractivity contribution is 6.32. The number of para-hydroxylation sites is 1. The first-order chi connectivity index (χ1) is 13.4. The fraction of sp³-hybridized carbons (Fsp3) is 0.350. The molecule has 0 radical (unpaired) electrons. The molecule has 0 aliphatic carbocycles. The summed E-state index contributed by atoms with van der Waals surface area (Å²) in [5.41, 5.74) is 1.88. The predicted molar refractivity (Wildman–Crippen MR) is 103 cm³/mol. The Hall–Kier alpha value is -2.54. The van der Waals surface area contributed by atoms with Gasteiger partial charge in [-0.2, -0.15) is 8.78 Å². The first-order valence-corrected chi connectivity index (χ1v) is 9.25. The van der Waals surface area contributed by atoms with Crippen LogP contribution in [0.5, 0.6) is 11.5 Å². The minimum Gasteiger partial charge on any atom is -0.493 e. The van der Waals surface area contributed by atoms with Crippen molar-refractivity contribution in [1.82, 2.24) is 4.90 Å². The Morgan fingerprint density at radius 1 is 1.29 bits per heavy atom. The van der Waals surface area contributed by atoms with E-state index in [1.54, 1.807) is 17.0 Å². The maximum atomic E-state index is 13.2. The number of carbonyl (C=O) groups is 1. The van der Waals surface area contributed by atoms with Crippen molar-refractivity contribution in [2.24, 2.45) is 0 Å². The Morgan fingerprint density at radius 2 is 2.00 bits per heavy atom. The number of hydrogen-bond acceptors (Lipinski definition) is 4. The topological polar surface area (TPSA) is 50.8 Å². The lowest BCUT2D eigenvalue weighted by molar-refractivity contribution is -0.0511. The third kappa shape index (κ3) is 3.71. The van der Waals surface area contributed by atoms with E-state index in [1.165, 1.54) is 13.2 Å². The van der Waals surface area contributed by atoms with Crippen molar-refractivity contribution in [3.8, 4) is 11.5 Å². The first-order valence-electron chi connectivity index (χ1n) is 8.87. The molecule has 8 heteroatoms. The van der Waals surface area contributed by atoms with Gasteiger partial charge in [-0.1, -0.05) is 30.7 Å². The summed E-state index contributed by atoms with van der Waals surface area (Å²) >= 11 is 6.20. The minimum absolute atomic E-state index is 0.0214. The Balaban J connectivity index is 2.10. The van der Waals surface area contributed by atoms with Gasteiger partial charge in [0.05, 0.1) is 17.7 Å². The number of benzene rings is 2. The van der Waals surface area contributed by atoms with Crippen LogP contribution < -0.4 is 14.8 Å². The summed E-state index contributed by atoms with van der Waals surface area (Å²) in [6.07, 6.45) is 0.202. The van der Waals surface area contributed by atoms with E-state index < -0.39 is 12.8 Å². The van der Waals surface area contributed by atoms with Gasteiger partial charge in [0, 0.05) is 17.3 Å². The lowest BCUT2D eigenvalue weighted by atomic mass is 10.0. The van der Waals surface area contributed by atoms with Crippen LogP contribution >= 0.6 is 11.6 Å². The van der Waals surface area contributed by atoms with Crippen molar-refractivity contribution < 1.29 is 23.0 Å². The average molecular weight is 411 g/mol. The summed E-state index contributed by atoms with van der Waals surface area (Å²) in [6, 6.07) is 10.2. The van der Waals surface area contributed by atoms with Crippen molar-refractivity contribution in [2.75, 3.05) is 12.4 Å². The van der Waals surface area contributed by atoms with Crippen LogP contribution in [0.15, 0.2) is 36.4 Å². The second-order valence-electron chi connectivity index (χ2n) is 6.47. The highest BCUT2D eigenvalue weighted by Crippen LogP contribution is 2.42. The van der Waals surface area contributed by atoms with Gasteiger partial charge < -0.3 is 19.7 Å². The standard InChI is InChI=1S/C20H21ClF2N2O3/c1-4-11(2)25-18(24-15-8-6-5-7-13(15)19(25)26)12-9-14(21)17(28-20(22)23)16(10-12)27-3/h5-11,18,20,24H,4H2,1-3H3/t11-,18-/m0/s1. The molecule has 2 aromatic rings. The lowest BCUT2D eigenvalue weighted by Crippen LogP contribution is -2.47. The van der Waals surface area contributed by atoms with Crippen LogP contribution in [-0.2, 0) is 0 Å². The summed E-state index contributed by atoms with van der Waals surface area (Å²) in [4.78, 5) is 14.9. The average Bonchev–Trinajstić information content (AvgIpc) is 2.68. The van der Waals surface area contributed by atoms with Gasteiger partial charge in [-0.05, 0) is 37.6 Å². The molecule has 0 saturated heterocycles. The molecule has 0 unspecified atom stereocenters. The summed E-state index contributed by atoms with van der Waals surface area (Å²) in [6.45, 7) is 0.908. The molecule has 0 bridgehead atoms. The molecule has 2 atom stereocenters. The molecule has 1 amide bonds. The zero-order chi connectivity index (χ0) is 20.4. The zero-order valence-corrected chi connectivity index (χ0v) is 16.5. The molecule has 28 heavy (non-hydrogen) atoms. The van der Waals surface area contributed by atoms with Crippen molar-refractivity contribution in [3.63, 3.8) is 0 Å². The molecule has 5 nitrogen and oxygen atoms in total. The molecule has 1 aliphatic heterocycles. The van der Waals surface area contributed by atoms with Gasteiger partial charge in [-0.15, -0.1) is 0 Å². The molecule has 1 heterocycles. The first kappa shape index (κ1) is 20.2. The Bertz CT molecular complexity index is 879. The molecule has 150 valence electrons. The molecular formula is C20H21ClF2N2O3. The number of rotatable bonds is 6. The Morgan fingerprint density at radius 3 is 2.64 bits per heavy atom.